The van der Waals surface area contributed by atoms with Gasteiger partial charge in [-0.3, -0.25) is 9.59 Å². The number of hydrogen-bond donors (Lipinski definition) is 2. The first-order valence-corrected chi connectivity index (χ1v) is 18.2. The maximum atomic E-state index is 12.0. The highest BCUT2D eigenvalue weighted by molar-refractivity contribution is 7.80. The minimum atomic E-state index is -0.597. The van der Waals surface area contributed by atoms with Crippen molar-refractivity contribution in [2.45, 2.75) is 58.8 Å². The van der Waals surface area contributed by atoms with Gasteiger partial charge in [0.1, 0.15) is 37.9 Å². The highest BCUT2D eigenvalue weighted by Crippen LogP contribution is 2.57. The SMILES string of the molecule is Cc1cc(C2(c3cc(C)c(OCCOC(=O)CCCS)c(C)c3)c3ccccc3-c3ccccc32)cc(C)c1OCCOC(=O)CCCS. The van der Waals surface area contributed by atoms with Gasteiger partial charge < -0.3 is 18.9 Å². The largest absolute Gasteiger partial charge is 0.489 e. The van der Waals surface area contributed by atoms with Gasteiger partial charge in [-0.25, -0.2) is 0 Å². The summed E-state index contributed by atoms with van der Waals surface area (Å²) in [5.74, 6) is 2.44. The molecule has 1 aliphatic rings. The lowest BCUT2D eigenvalue weighted by Gasteiger charge is -2.35. The van der Waals surface area contributed by atoms with Crippen LogP contribution in [0.1, 0.15) is 70.2 Å². The van der Waals surface area contributed by atoms with Gasteiger partial charge in [0.15, 0.2) is 0 Å². The maximum Gasteiger partial charge on any atom is 0.305 e. The summed E-state index contributed by atoms with van der Waals surface area (Å²) in [6.45, 7) is 9.24. The van der Waals surface area contributed by atoms with Crippen LogP contribution in [0.15, 0.2) is 72.8 Å². The van der Waals surface area contributed by atoms with Crippen LogP contribution in [0.2, 0.25) is 0 Å². The summed E-state index contributed by atoms with van der Waals surface area (Å²) in [6.07, 6.45) is 2.11. The Morgan fingerprint density at radius 3 is 1.31 bits per heavy atom. The minimum Gasteiger partial charge on any atom is -0.489 e. The molecule has 4 aromatic carbocycles. The summed E-state index contributed by atoms with van der Waals surface area (Å²) in [7, 11) is 0. The van der Waals surface area contributed by atoms with E-state index in [-0.39, 0.29) is 38.4 Å². The molecule has 0 aromatic heterocycles. The zero-order valence-corrected chi connectivity index (χ0v) is 30.6. The number of carbonyl (C=O) groups excluding carboxylic acids is 2. The van der Waals surface area contributed by atoms with Crippen molar-refractivity contribution >= 4 is 37.2 Å². The van der Waals surface area contributed by atoms with Gasteiger partial charge in [0.2, 0.25) is 0 Å². The number of rotatable bonds is 16. The molecule has 0 atom stereocenters. The van der Waals surface area contributed by atoms with Crippen molar-refractivity contribution in [3.63, 3.8) is 0 Å². The van der Waals surface area contributed by atoms with Gasteiger partial charge in [-0.05, 0) is 108 Å². The Hall–Kier alpha value is -3.88. The molecule has 0 radical (unpaired) electrons. The van der Waals surface area contributed by atoms with Gasteiger partial charge >= 0.3 is 11.9 Å². The Morgan fingerprint density at radius 2 is 0.939 bits per heavy atom. The van der Waals surface area contributed by atoms with E-state index in [2.05, 4.69) is 126 Å². The molecule has 0 saturated carbocycles. The third-order valence-electron chi connectivity index (χ3n) is 9.00. The van der Waals surface area contributed by atoms with E-state index in [1.54, 1.807) is 0 Å². The van der Waals surface area contributed by atoms with Crippen LogP contribution in [0, 0.1) is 27.7 Å². The molecule has 0 amide bonds. The van der Waals surface area contributed by atoms with Gasteiger partial charge in [0, 0.05) is 12.8 Å². The van der Waals surface area contributed by atoms with Gasteiger partial charge in [-0.2, -0.15) is 25.3 Å². The monoisotopic (exact) mass is 698 g/mol. The molecular weight excluding hydrogens is 653 g/mol. The molecule has 0 fully saturated rings. The van der Waals surface area contributed by atoms with Crippen molar-refractivity contribution in [3.8, 4) is 22.6 Å². The standard InChI is InChI=1S/C41H46O6S2/c1-27-23-31(24-28(2)39(27)46-19-17-44-37(42)15-9-21-48)41(35-13-7-5-11-33(35)34-12-6-8-14-36(34)41)32-25-29(3)40(30(4)26-32)47-20-18-45-38(43)16-10-22-49/h5-8,11-14,23-26,48-49H,9-10,15-22H2,1-4H3. The average Bonchev–Trinajstić information content (AvgIpc) is 3.39. The second-order valence-electron chi connectivity index (χ2n) is 12.5. The van der Waals surface area contributed by atoms with Gasteiger partial charge in [-0.1, -0.05) is 72.8 Å². The van der Waals surface area contributed by atoms with Crippen LogP contribution in [-0.4, -0.2) is 49.9 Å². The Bertz CT molecular complexity index is 1620. The predicted octanol–water partition coefficient (Wildman–Crippen LogP) is 8.55. The summed E-state index contributed by atoms with van der Waals surface area (Å²) >= 11 is 8.33. The van der Waals surface area contributed by atoms with E-state index in [4.69, 9.17) is 18.9 Å². The molecular formula is C41H46O6S2. The van der Waals surface area contributed by atoms with Crippen molar-refractivity contribution in [1.82, 2.24) is 0 Å². The fourth-order valence-corrected chi connectivity index (χ4v) is 7.32. The normalized spacial score (nSPS) is 12.6. The minimum absolute atomic E-state index is 0.197. The molecule has 8 heteroatoms. The molecule has 0 saturated heterocycles. The summed E-state index contributed by atoms with van der Waals surface area (Å²) in [5, 5.41) is 0. The van der Waals surface area contributed by atoms with Crippen LogP contribution in [0.3, 0.4) is 0 Å². The lowest BCUT2D eigenvalue weighted by molar-refractivity contribution is -0.145. The number of carbonyl (C=O) groups is 2. The molecule has 0 N–H and O–H groups in total. The summed E-state index contributed by atoms with van der Waals surface area (Å²) in [5.41, 5.74) is 10.6. The van der Waals surface area contributed by atoms with Crippen LogP contribution in [0.5, 0.6) is 11.5 Å². The van der Waals surface area contributed by atoms with E-state index in [0.717, 1.165) is 44.9 Å². The number of thiol groups is 2. The smallest absolute Gasteiger partial charge is 0.305 e. The third kappa shape index (κ3) is 7.81. The predicted molar refractivity (Wildman–Crippen MR) is 202 cm³/mol. The molecule has 0 heterocycles. The number of fused-ring (bicyclic) bond motifs is 3. The molecule has 0 aliphatic heterocycles. The zero-order chi connectivity index (χ0) is 35.0. The first-order chi connectivity index (χ1) is 23.7. The Kier molecular flexibility index (Phi) is 12.4. The fourth-order valence-electron chi connectivity index (χ4n) is 7.00. The second kappa shape index (κ2) is 16.7. The Balaban J connectivity index is 1.51. The number of esters is 2. The van der Waals surface area contributed by atoms with E-state index in [1.165, 1.54) is 22.3 Å². The van der Waals surface area contributed by atoms with Gasteiger partial charge in [-0.15, -0.1) is 0 Å². The van der Waals surface area contributed by atoms with Crippen molar-refractivity contribution in [2.75, 3.05) is 37.9 Å². The molecule has 258 valence electrons. The highest BCUT2D eigenvalue weighted by atomic mass is 32.1. The highest BCUT2D eigenvalue weighted by Gasteiger charge is 2.46. The van der Waals surface area contributed by atoms with Crippen molar-refractivity contribution < 1.29 is 28.5 Å². The summed E-state index contributed by atoms with van der Waals surface area (Å²) < 4.78 is 23.1. The lowest BCUT2D eigenvalue weighted by Crippen LogP contribution is -2.29. The third-order valence-corrected chi connectivity index (χ3v) is 9.64. The lowest BCUT2D eigenvalue weighted by atomic mass is 9.66. The molecule has 0 unspecified atom stereocenters. The molecule has 6 nitrogen and oxygen atoms in total. The van der Waals surface area contributed by atoms with E-state index >= 15 is 0 Å². The van der Waals surface area contributed by atoms with Gasteiger partial charge in [0.05, 0.1) is 5.41 Å². The first-order valence-electron chi connectivity index (χ1n) is 16.9. The molecule has 0 bridgehead atoms. The Labute approximate surface area is 301 Å². The molecule has 1 aliphatic carbocycles. The Morgan fingerprint density at radius 1 is 0.571 bits per heavy atom. The molecule has 49 heavy (non-hydrogen) atoms. The van der Waals surface area contributed by atoms with E-state index < -0.39 is 5.41 Å². The molecule has 0 spiro atoms. The fraction of sp³-hybridized carbons (Fsp3) is 0.366. The number of ether oxygens (including phenoxy) is 4. The number of benzene rings is 4. The van der Waals surface area contributed by atoms with Crippen LogP contribution in [0.4, 0.5) is 0 Å². The van der Waals surface area contributed by atoms with Crippen molar-refractivity contribution in [2.24, 2.45) is 0 Å². The quantitative estimate of drug-likeness (QED) is 0.0612. The average molecular weight is 699 g/mol. The maximum absolute atomic E-state index is 12.0. The van der Waals surface area contributed by atoms with Crippen molar-refractivity contribution in [1.29, 1.82) is 0 Å². The molecule has 5 rings (SSSR count). The van der Waals surface area contributed by atoms with Crippen LogP contribution >= 0.6 is 25.3 Å². The summed E-state index contributed by atoms with van der Waals surface area (Å²) in [6, 6.07) is 26.3. The second-order valence-corrected chi connectivity index (χ2v) is 13.4. The van der Waals surface area contributed by atoms with Crippen LogP contribution in [-0.2, 0) is 24.5 Å². The topological polar surface area (TPSA) is 71.1 Å². The zero-order valence-electron chi connectivity index (χ0n) is 28.8. The van der Waals surface area contributed by atoms with Crippen LogP contribution < -0.4 is 9.47 Å². The summed E-state index contributed by atoms with van der Waals surface area (Å²) in [4.78, 5) is 23.9. The molecule has 4 aromatic rings. The first kappa shape index (κ1) is 36.4. The van der Waals surface area contributed by atoms with Gasteiger partial charge in [0.25, 0.3) is 0 Å². The van der Waals surface area contributed by atoms with Crippen molar-refractivity contribution in [3.05, 3.63) is 117 Å². The van der Waals surface area contributed by atoms with E-state index in [0.29, 0.717) is 37.2 Å². The number of aryl methyl sites for hydroxylation is 4. The van der Waals surface area contributed by atoms with E-state index in [9.17, 15) is 9.59 Å². The van der Waals surface area contributed by atoms with Crippen LogP contribution in [0.25, 0.3) is 11.1 Å². The van der Waals surface area contributed by atoms with E-state index in [1.807, 2.05) is 0 Å². The number of hydrogen-bond acceptors (Lipinski definition) is 8.